The van der Waals surface area contributed by atoms with E-state index in [9.17, 15) is 9.18 Å². The Hall–Kier alpha value is -1.14. The lowest BCUT2D eigenvalue weighted by atomic mass is 10.2. The van der Waals surface area contributed by atoms with Crippen LogP contribution >= 0.6 is 15.9 Å². The molecular weight excluding hydrogens is 291 g/mol. The second-order valence-electron chi connectivity index (χ2n) is 3.61. The van der Waals surface area contributed by atoms with Crippen LogP contribution in [0.3, 0.4) is 0 Å². The molecule has 0 aliphatic rings. The van der Waals surface area contributed by atoms with Gasteiger partial charge in [-0.3, -0.25) is 4.79 Å². The number of halogens is 2. The summed E-state index contributed by atoms with van der Waals surface area (Å²) in [6, 6.07) is 2.47. The maximum absolute atomic E-state index is 13.1. The molecule has 1 aromatic carbocycles. The summed E-state index contributed by atoms with van der Waals surface area (Å²) in [5, 5.41) is 2.67. The van der Waals surface area contributed by atoms with E-state index in [1.54, 1.807) is 7.11 Å². The van der Waals surface area contributed by atoms with Gasteiger partial charge in [0.1, 0.15) is 5.82 Å². The highest BCUT2D eigenvalue weighted by molar-refractivity contribution is 9.10. The van der Waals surface area contributed by atoms with Gasteiger partial charge in [0.25, 0.3) is 5.91 Å². The molecule has 0 heterocycles. The zero-order valence-corrected chi connectivity index (χ0v) is 11.2. The third-order valence-corrected chi connectivity index (χ3v) is 2.94. The van der Waals surface area contributed by atoms with Crippen molar-refractivity contribution in [2.45, 2.75) is 13.0 Å². The summed E-state index contributed by atoms with van der Waals surface area (Å²) in [7, 11) is 1.56. The zero-order valence-electron chi connectivity index (χ0n) is 9.59. The Morgan fingerprint density at radius 2 is 2.29 bits per heavy atom. The normalized spacial score (nSPS) is 12.2. The van der Waals surface area contributed by atoms with Gasteiger partial charge in [0.2, 0.25) is 0 Å². The fourth-order valence-corrected chi connectivity index (χ4v) is 1.65. The van der Waals surface area contributed by atoms with Crippen molar-refractivity contribution in [3.8, 4) is 0 Å². The Bertz CT molecular complexity index is 426. The van der Waals surface area contributed by atoms with Crippen molar-refractivity contribution in [2.24, 2.45) is 0 Å². The molecule has 0 saturated heterocycles. The second kappa shape index (κ2) is 5.97. The van der Waals surface area contributed by atoms with Crippen molar-refractivity contribution in [2.75, 3.05) is 19.4 Å². The number of nitrogens with two attached hydrogens (primary N) is 1. The van der Waals surface area contributed by atoms with E-state index in [1.165, 1.54) is 12.1 Å². The van der Waals surface area contributed by atoms with Crippen LogP contribution in [0.2, 0.25) is 0 Å². The van der Waals surface area contributed by atoms with Crippen LogP contribution in [0.5, 0.6) is 0 Å². The molecule has 0 spiro atoms. The molecule has 0 aliphatic carbocycles. The van der Waals surface area contributed by atoms with Crippen LogP contribution in [0.1, 0.15) is 17.3 Å². The van der Waals surface area contributed by atoms with E-state index < -0.39 is 5.82 Å². The number of amides is 1. The first-order chi connectivity index (χ1) is 7.95. The number of ether oxygens (including phenoxy) is 1. The quantitative estimate of drug-likeness (QED) is 0.836. The van der Waals surface area contributed by atoms with Gasteiger partial charge in [-0.1, -0.05) is 0 Å². The molecule has 1 rings (SSSR count). The molecule has 0 fully saturated rings. The van der Waals surface area contributed by atoms with Crippen molar-refractivity contribution >= 4 is 27.5 Å². The molecule has 94 valence electrons. The molecule has 17 heavy (non-hydrogen) atoms. The predicted molar refractivity (Wildman–Crippen MR) is 67.3 cm³/mol. The molecule has 0 saturated carbocycles. The Kier molecular flexibility index (Phi) is 4.89. The van der Waals surface area contributed by atoms with Crippen molar-refractivity contribution in [3.05, 3.63) is 28.0 Å². The van der Waals surface area contributed by atoms with Gasteiger partial charge in [0, 0.05) is 18.1 Å². The van der Waals surface area contributed by atoms with Crippen LogP contribution < -0.4 is 11.1 Å². The number of methoxy groups -OCH3 is 1. The molecule has 3 N–H and O–H groups in total. The lowest BCUT2D eigenvalue weighted by Gasteiger charge is -2.12. The number of carbonyl (C=O) groups excluding carboxylic acids is 1. The molecule has 6 heteroatoms. The third kappa shape index (κ3) is 3.67. The van der Waals surface area contributed by atoms with E-state index in [0.717, 1.165) is 0 Å². The number of anilines is 1. The Labute approximate surface area is 107 Å². The fraction of sp³-hybridized carbons (Fsp3) is 0.364. The monoisotopic (exact) mass is 304 g/mol. The van der Waals surface area contributed by atoms with Gasteiger partial charge in [0.05, 0.1) is 17.4 Å². The molecule has 1 atom stereocenters. The summed E-state index contributed by atoms with van der Waals surface area (Å²) in [5.74, 6) is -0.883. The van der Waals surface area contributed by atoms with E-state index in [-0.39, 0.29) is 17.7 Å². The van der Waals surface area contributed by atoms with E-state index >= 15 is 0 Å². The number of benzene rings is 1. The van der Waals surface area contributed by atoms with Gasteiger partial charge in [0.15, 0.2) is 0 Å². The molecule has 0 bridgehead atoms. The lowest BCUT2D eigenvalue weighted by Crippen LogP contribution is -2.31. The average molecular weight is 305 g/mol. The summed E-state index contributed by atoms with van der Waals surface area (Å²) in [6.45, 7) is 2.20. The Balaban J connectivity index is 2.79. The number of nitrogen functional groups attached to an aromatic ring is 1. The van der Waals surface area contributed by atoms with Crippen LogP contribution in [0.15, 0.2) is 16.6 Å². The Morgan fingerprint density at radius 1 is 1.65 bits per heavy atom. The molecule has 4 nitrogen and oxygen atoms in total. The maximum atomic E-state index is 13.1. The predicted octanol–water partition coefficient (Wildman–Crippen LogP) is 1.94. The summed E-state index contributed by atoms with van der Waals surface area (Å²) in [5.41, 5.74) is 5.65. The van der Waals surface area contributed by atoms with E-state index in [4.69, 9.17) is 10.5 Å². The number of hydrogen-bond donors (Lipinski definition) is 2. The van der Waals surface area contributed by atoms with E-state index in [1.807, 2.05) is 6.92 Å². The van der Waals surface area contributed by atoms with Crippen LogP contribution in [0.25, 0.3) is 0 Å². The molecule has 0 radical (unpaired) electrons. The second-order valence-corrected chi connectivity index (χ2v) is 4.46. The number of hydrogen-bond acceptors (Lipinski definition) is 3. The summed E-state index contributed by atoms with van der Waals surface area (Å²) in [4.78, 5) is 11.8. The highest BCUT2D eigenvalue weighted by Crippen LogP contribution is 2.22. The average Bonchev–Trinajstić information content (AvgIpc) is 2.30. The minimum absolute atomic E-state index is 0.0573. The smallest absolute Gasteiger partial charge is 0.252 e. The molecular formula is C11H14BrFN2O2. The number of carbonyl (C=O) groups is 1. The number of nitrogens with one attached hydrogen (secondary N) is 1. The van der Waals surface area contributed by atoms with Crippen molar-refractivity contribution in [3.63, 3.8) is 0 Å². The first kappa shape index (κ1) is 13.9. The topological polar surface area (TPSA) is 64.3 Å². The summed E-state index contributed by atoms with van der Waals surface area (Å²) < 4.78 is 18.5. The fourth-order valence-electron chi connectivity index (χ4n) is 1.15. The van der Waals surface area contributed by atoms with Crippen molar-refractivity contribution in [1.29, 1.82) is 0 Å². The number of rotatable bonds is 4. The van der Waals surface area contributed by atoms with Crippen molar-refractivity contribution in [1.82, 2.24) is 5.32 Å². The first-order valence-electron chi connectivity index (χ1n) is 5.01. The van der Waals surface area contributed by atoms with Gasteiger partial charge < -0.3 is 15.8 Å². The van der Waals surface area contributed by atoms with Crippen LogP contribution in [0.4, 0.5) is 10.1 Å². The zero-order chi connectivity index (χ0) is 13.0. The molecule has 1 amide bonds. The molecule has 0 aliphatic heterocycles. The van der Waals surface area contributed by atoms with Crippen molar-refractivity contribution < 1.29 is 13.9 Å². The highest BCUT2D eigenvalue weighted by atomic mass is 79.9. The minimum Gasteiger partial charge on any atom is -0.396 e. The summed E-state index contributed by atoms with van der Waals surface area (Å²) in [6.07, 6.45) is -0.0875. The lowest BCUT2D eigenvalue weighted by molar-refractivity contribution is 0.0870. The molecule has 1 aromatic rings. The first-order valence-corrected chi connectivity index (χ1v) is 5.80. The van der Waals surface area contributed by atoms with E-state index in [0.29, 0.717) is 16.6 Å². The van der Waals surface area contributed by atoms with Crippen LogP contribution in [-0.4, -0.2) is 25.7 Å². The highest BCUT2D eigenvalue weighted by Gasteiger charge is 2.13. The van der Waals surface area contributed by atoms with E-state index in [2.05, 4.69) is 21.2 Å². The largest absolute Gasteiger partial charge is 0.396 e. The van der Waals surface area contributed by atoms with Gasteiger partial charge in [-0.05, 0) is 35.0 Å². The molecule has 1 unspecified atom stereocenters. The van der Waals surface area contributed by atoms with Gasteiger partial charge in [-0.25, -0.2) is 4.39 Å². The standard InChI is InChI=1S/C11H14BrFN2O2/c1-6(17-2)5-15-11(16)7-3-10(14)9(13)4-8(7)12/h3-4,6H,5,14H2,1-2H3,(H,15,16). The van der Waals surface area contributed by atoms with Crippen LogP contribution in [-0.2, 0) is 4.74 Å². The third-order valence-electron chi connectivity index (χ3n) is 2.28. The van der Waals surface area contributed by atoms with Gasteiger partial charge in [-0.15, -0.1) is 0 Å². The van der Waals surface area contributed by atoms with Gasteiger partial charge >= 0.3 is 0 Å². The maximum Gasteiger partial charge on any atom is 0.252 e. The molecule has 0 aromatic heterocycles. The minimum atomic E-state index is -0.557. The van der Waals surface area contributed by atoms with Crippen LogP contribution in [0, 0.1) is 5.82 Å². The summed E-state index contributed by atoms with van der Waals surface area (Å²) >= 11 is 3.12. The Morgan fingerprint density at radius 3 is 2.88 bits per heavy atom. The SMILES string of the molecule is COC(C)CNC(=O)c1cc(N)c(F)cc1Br. The van der Waals surface area contributed by atoms with Gasteiger partial charge in [-0.2, -0.15) is 0 Å².